The Hall–Kier alpha value is -0.600. The molecule has 1 aromatic heterocycles. The van der Waals surface area contributed by atoms with E-state index < -0.39 is 10.2 Å². The Morgan fingerprint density at radius 2 is 1.08 bits per heavy atom. The topological polar surface area (TPSA) is 92.2 Å². The fourth-order valence-corrected chi connectivity index (χ4v) is 3.54. The van der Waals surface area contributed by atoms with Gasteiger partial charge in [-0.05, 0) is 23.3 Å². The van der Waals surface area contributed by atoms with Gasteiger partial charge in [-0.15, -0.1) is 10.2 Å². The lowest BCUT2D eigenvalue weighted by Crippen LogP contribution is -2.68. The molecule has 7 heteroatoms. The minimum atomic E-state index is -4.94. The van der Waals surface area contributed by atoms with E-state index in [0.717, 1.165) is 4.47 Å². The van der Waals surface area contributed by atoms with Crippen LogP contribution in [0.1, 0.15) is 51.3 Å². The Balaban J connectivity index is 0.000000597. The Morgan fingerprint density at radius 1 is 0.731 bits per heavy atom. The van der Waals surface area contributed by atoms with Crippen molar-refractivity contribution in [1.82, 2.24) is 0 Å². The van der Waals surface area contributed by atoms with Crippen LogP contribution < -0.4 is 18.6 Å². The lowest BCUT2D eigenvalue weighted by Gasteiger charge is -2.17. The predicted octanol–water partition coefficient (Wildman–Crippen LogP) is 2.30. The maximum Gasteiger partial charge on any atom is 0.219 e. The van der Waals surface area contributed by atoms with E-state index in [1.807, 2.05) is 11.3 Å². The van der Waals surface area contributed by atoms with E-state index in [4.69, 9.17) is 18.6 Å². The minimum Gasteiger partial charge on any atom is -0.222 e. The molecular formula is C19H24BrClO4S. The van der Waals surface area contributed by atoms with Crippen molar-refractivity contribution in [1.29, 1.82) is 0 Å². The first-order valence-electron chi connectivity index (χ1n) is 7.94. The summed E-state index contributed by atoms with van der Waals surface area (Å²) in [7, 11) is -4.94. The molecule has 0 unspecified atom stereocenters. The van der Waals surface area contributed by atoms with Gasteiger partial charge >= 0.3 is 0 Å². The monoisotopic (exact) mass is 462 g/mol. The Bertz CT molecular complexity index is 691. The molecular weight excluding hydrogens is 440 g/mol. The molecule has 0 aliphatic heterocycles. The van der Waals surface area contributed by atoms with Crippen molar-refractivity contribution in [3.8, 4) is 11.1 Å². The average Bonchev–Trinajstić information content (AvgIpc) is 2.44. The van der Waals surface area contributed by atoms with Crippen LogP contribution in [-0.4, -0.2) is 0 Å². The van der Waals surface area contributed by atoms with Crippen molar-refractivity contribution in [2.75, 3.05) is 0 Å². The van der Waals surface area contributed by atoms with Crippen LogP contribution in [0.4, 0.5) is 0 Å². The zero-order chi connectivity index (χ0) is 20.3. The SMILES string of the molecule is CC(C)(C)c1cc(-c2ccc(Br)cc2)cc(C(C)(C)C)[s+]1.[O-][Cl+3]([O-])([O-])[O-]. The van der Waals surface area contributed by atoms with Gasteiger partial charge in [0.2, 0.25) is 21.1 Å². The number of hydrogen-bond acceptors (Lipinski definition) is 4. The van der Waals surface area contributed by atoms with Crippen LogP contribution in [0.25, 0.3) is 11.1 Å². The van der Waals surface area contributed by atoms with Gasteiger partial charge in [0.05, 0.1) is 0 Å². The molecule has 0 saturated heterocycles. The van der Waals surface area contributed by atoms with Gasteiger partial charge in [-0.3, -0.25) is 0 Å². The fraction of sp³-hybridized carbons (Fsp3) is 0.421. The van der Waals surface area contributed by atoms with Crippen molar-refractivity contribution in [3.05, 3.63) is 50.6 Å². The first kappa shape index (κ1) is 23.4. The molecule has 26 heavy (non-hydrogen) atoms. The summed E-state index contributed by atoms with van der Waals surface area (Å²) in [6, 6.07) is 13.3. The lowest BCUT2D eigenvalue weighted by atomic mass is 9.90. The predicted molar refractivity (Wildman–Crippen MR) is 99.3 cm³/mol. The van der Waals surface area contributed by atoms with E-state index in [1.54, 1.807) is 0 Å². The highest BCUT2D eigenvalue weighted by molar-refractivity contribution is 9.10. The molecule has 0 atom stereocenters. The molecule has 4 nitrogen and oxygen atoms in total. The Kier molecular flexibility index (Phi) is 7.76. The van der Waals surface area contributed by atoms with Gasteiger partial charge in [0.25, 0.3) is 0 Å². The van der Waals surface area contributed by atoms with Gasteiger partial charge in [-0.2, -0.15) is 0 Å². The molecule has 1 aromatic carbocycles. The second kappa shape index (κ2) is 8.61. The molecule has 0 fully saturated rings. The average molecular weight is 464 g/mol. The van der Waals surface area contributed by atoms with Crippen molar-refractivity contribution in [3.63, 3.8) is 0 Å². The molecule has 1 heterocycles. The minimum absolute atomic E-state index is 0.177. The number of benzene rings is 1. The van der Waals surface area contributed by atoms with Crippen LogP contribution in [0.15, 0.2) is 40.9 Å². The smallest absolute Gasteiger partial charge is 0.219 e. The Morgan fingerprint density at radius 3 is 1.38 bits per heavy atom. The molecule has 0 bridgehead atoms. The van der Waals surface area contributed by atoms with E-state index in [2.05, 4.69) is 93.9 Å². The third-order valence-corrected chi connectivity index (χ3v) is 5.88. The van der Waals surface area contributed by atoms with Crippen molar-refractivity contribution in [2.24, 2.45) is 0 Å². The fourth-order valence-electron chi connectivity index (χ4n) is 2.05. The molecule has 144 valence electrons. The van der Waals surface area contributed by atoms with Crippen LogP contribution in [0.3, 0.4) is 0 Å². The first-order valence-corrected chi connectivity index (χ1v) is 10.8. The van der Waals surface area contributed by atoms with Crippen LogP contribution in [0.5, 0.6) is 0 Å². The summed E-state index contributed by atoms with van der Waals surface area (Å²) >= 11 is 5.45. The normalized spacial score (nSPS) is 12.4. The highest BCUT2D eigenvalue weighted by Crippen LogP contribution is 2.38. The van der Waals surface area contributed by atoms with E-state index >= 15 is 0 Å². The second-order valence-electron chi connectivity index (χ2n) is 7.96. The molecule has 0 radical (unpaired) electrons. The molecule has 0 aliphatic carbocycles. The summed E-state index contributed by atoms with van der Waals surface area (Å²) in [5.74, 6) is 0. The summed E-state index contributed by atoms with van der Waals surface area (Å²) in [6.07, 6.45) is 0. The zero-order valence-electron chi connectivity index (χ0n) is 15.8. The molecule has 0 spiro atoms. The third kappa shape index (κ3) is 8.39. The van der Waals surface area contributed by atoms with Crippen molar-refractivity contribution in [2.45, 2.75) is 52.4 Å². The quantitative estimate of drug-likeness (QED) is 0.607. The lowest BCUT2D eigenvalue weighted by molar-refractivity contribution is -2.00. The largest absolute Gasteiger partial charge is 0.222 e. The van der Waals surface area contributed by atoms with Gasteiger partial charge in [0.15, 0.2) is 0 Å². The van der Waals surface area contributed by atoms with Crippen LogP contribution in [0.2, 0.25) is 0 Å². The van der Waals surface area contributed by atoms with Gasteiger partial charge in [0, 0.05) is 27.4 Å². The number of rotatable bonds is 1. The zero-order valence-corrected chi connectivity index (χ0v) is 18.9. The third-order valence-electron chi connectivity index (χ3n) is 3.45. The van der Waals surface area contributed by atoms with Crippen LogP contribution in [-0.2, 0) is 10.8 Å². The van der Waals surface area contributed by atoms with Gasteiger partial charge in [0.1, 0.15) is 0 Å². The van der Waals surface area contributed by atoms with Crippen molar-refractivity contribution < 1.29 is 28.9 Å². The van der Waals surface area contributed by atoms with Gasteiger partial charge < -0.3 is 0 Å². The standard InChI is InChI=1S/C19H24BrS.ClHO4/c1-18(2,3)16-11-14(12-17(21-16)19(4,5)6)13-7-9-15(20)10-8-13;2-1(3,4)5/h7-12H,1-6H3;(H,2,3,4,5)/q+1;/p-1. The highest BCUT2D eigenvalue weighted by atomic mass is 79.9. The summed E-state index contributed by atoms with van der Waals surface area (Å²) in [4.78, 5) is 2.88. The van der Waals surface area contributed by atoms with Gasteiger partial charge in [-0.25, -0.2) is 18.6 Å². The van der Waals surface area contributed by atoms with E-state index in [9.17, 15) is 0 Å². The molecule has 0 aliphatic rings. The summed E-state index contributed by atoms with van der Waals surface area (Å²) < 4.78 is 35.1. The highest BCUT2D eigenvalue weighted by Gasteiger charge is 2.32. The molecule has 0 amide bonds. The number of hydrogen-bond donors (Lipinski definition) is 0. The maximum atomic E-state index is 8.49. The molecule has 2 aromatic rings. The first-order chi connectivity index (χ1) is 11.6. The Labute approximate surface area is 170 Å². The molecule has 2 rings (SSSR count). The van der Waals surface area contributed by atoms with E-state index in [-0.39, 0.29) is 10.8 Å². The molecule has 0 saturated carbocycles. The maximum absolute atomic E-state index is 8.49. The summed E-state index contributed by atoms with van der Waals surface area (Å²) in [5.41, 5.74) is 2.95. The summed E-state index contributed by atoms with van der Waals surface area (Å²) in [5, 5.41) is 0. The van der Waals surface area contributed by atoms with E-state index in [0.29, 0.717) is 0 Å². The second-order valence-corrected chi connectivity index (χ2v) is 10.7. The van der Waals surface area contributed by atoms with E-state index in [1.165, 1.54) is 20.9 Å². The summed E-state index contributed by atoms with van der Waals surface area (Å²) in [6.45, 7) is 13.7. The van der Waals surface area contributed by atoms with Crippen LogP contribution in [0, 0.1) is 10.2 Å². The molecule has 0 N–H and O–H groups in total. The van der Waals surface area contributed by atoms with Crippen LogP contribution >= 0.6 is 27.3 Å². The number of halogens is 2. The van der Waals surface area contributed by atoms with Gasteiger partial charge in [-0.1, -0.05) is 69.6 Å². The van der Waals surface area contributed by atoms with Crippen molar-refractivity contribution >= 4 is 27.3 Å².